The van der Waals surface area contributed by atoms with E-state index in [2.05, 4.69) is 5.32 Å². The number of benzene rings is 3. The molecule has 236 valence electrons. The van der Waals surface area contributed by atoms with Gasteiger partial charge in [-0.3, -0.25) is 13.9 Å². The van der Waals surface area contributed by atoms with Crippen molar-refractivity contribution < 1.29 is 26.8 Å². The van der Waals surface area contributed by atoms with Crippen molar-refractivity contribution in [1.29, 1.82) is 0 Å². The molecule has 7 nitrogen and oxygen atoms in total. The van der Waals surface area contributed by atoms with E-state index in [4.69, 9.17) is 23.2 Å². The maximum Gasteiger partial charge on any atom is 0.243 e. The number of hydrogen-bond donors (Lipinski definition) is 1. The largest absolute Gasteiger partial charge is 0.352 e. The van der Waals surface area contributed by atoms with E-state index >= 15 is 0 Å². The summed E-state index contributed by atoms with van der Waals surface area (Å²) >= 11 is 12.4. The van der Waals surface area contributed by atoms with Gasteiger partial charge in [-0.25, -0.2) is 17.2 Å². The van der Waals surface area contributed by atoms with Crippen LogP contribution in [0.15, 0.2) is 66.7 Å². The zero-order valence-electron chi connectivity index (χ0n) is 24.3. The first kappa shape index (κ1) is 33.7. The Bertz CT molecular complexity index is 1570. The van der Waals surface area contributed by atoms with Crippen molar-refractivity contribution in [2.75, 3.05) is 17.1 Å². The molecular weight excluding hydrogens is 631 g/mol. The molecule has 0 spiro atoms. The van der Waals surface area contributed by atoms with Crippen LogP contribution in [0.1, 0.15) is 49.7 Å². The highest BCUT2D eigenvalue weighted by molar-refractivity contribution is 7.92. The monoisotopic (exact) mass is 665 g/mol. The molecule has 0 bridgehead atoms. The fourth-order valence-electron chi connectivity index (χ4n) is 5.40. The van der Waals surface area contributed by atoms with Gasteiger partial charge in [0, 0.05) is 38.0 Å². The van der Waals surface area contributed by atoms with Gasteiger partial charge in [0.2, 0.25) is 21.8 Å². The summed E-state index contributed by atoms with van der Waals surface area (Å²) in [5.41, 5.74) is 1.48. The van der Waals surface area contributed by atoms with Gasteiger partial charge < -0.3 is 10.2 Å². The van der Waals surface area contributed by atoms with Gasteiger partial charge in [-0.2, -0.15) is 0 Å². The number of carbonyl (C=O) groups is 2. The van der Waals surface area contributed by atoms with E-state index in [0.717, 1.165) is 53.9 Å². The van der Waals surface area contributed by atoms with Crippen molar-refractivity contribution >= 4 is 50.7 Å². The number of sulfonamides is 1. The molecule has 12 heteroatoms. The van der Waals surface area contributed by atoms with Crippen LogP contribution in [0.3, 0.4) is 0 Å². The van der Waals surface area contributed by atoms with Crippen LogP contribution in [-0.4, -0.2) is 50.0 Å². The van der Waals surface area contributed by atoms with Gasteiger partial charge >= 0.3 is 0 Å². The minimum absolute atomic E-state index is 0.0297. The summed E-state index contributed by atoms with van der Waals surface area (Å²) in [6.07, 6.45) is 4.95. The van der Waals surface area contributed by atoms with E-state index in [0.29, 0.717) is 15.6 Å². The Hall–Kier alpha value is -3.21. The predicted octanol–water partition coefficient (Wildman–Crippen LogP) is 6.52. The molecule has 1 aliphatic carbocycles. The van der Waals surface area contributed by atoms with Gasteiger partial charge in [-0.15, -0.1) is 0 Å². The molecule has 0 saturated heterocycles. The Morgan fingerprint density at radius 3 is 2.27 bits per heavy atom. The molecule has 0 heterocycles. The van der Waals surface area contributed by atoms with Crippen LogP contribution in [0.2, 0.25) is 10.0 Å². The highest BCUT2D eigenvalue weighted by Crippen LogP contribution is 2.26. The Morgan fingerprint density at radius 2 is 1.64 bits per heavy atom. The average molecular weight is 667 g/mol. The number of anilines is 1. The van der Waals surface area contributed by atoms with Gasteiger partial charge in [0.15, 0.2) is 11.6 Å². The highest BCUT2D eigenvalue weighted by Gasteiger charge is 2.32. The van der Waals surface area contributed by atoms with Gasteiger partial charge in [0.1, 0.15) is 6.04 Å². The van der Waals surface area contributed by atoms with Gasteiger partial charge in [-0.05, 0) is 54.7 Å². The fraction of sp³-hybridized carbons (Fsp3) is 0.375. The molecular formula is C32H35Cl2F2N3O4S. The Balaban J connectivity index is 1.61. The number of halogens is 4. The van der Waals surface area contributed by atoms with Crippen molar-refractivity contribution in [3.8, 4) is 0 Å². The molecule has 1 N–H and O–H groups in total. The minimum Gasteiger partial charge on any atom is -0.352 e. The quantitative estimate of drug-likeness (QED) is 0.225. The normalized spacial score (nSPS) is 14.3. The van der Waals surface area contributed by atoms with Crippen molar-refractivity contribution in [3.63, 3.8) is 0 Å². The molecule has 44 heavy (non-hydrogen) atoms. The first-order chi connectivity index (χ1) is 20.9. The smallest absolute Gasteiger partial charge is 0.243 e. The molecule has 0 aromatic heterocycles. The average Bonchev–Trinajstić information content (AvgIpc) is 3.49. The molecule has 3 aromatic carbocycles. The molecule has 3 aromatic rings. The van der Waals surface area contributed by atoms with Gasteiger partial charge in [-0.1, -0.05) is 72.4 Å². The van der Waals surface area contributed by atoms with Gasteiger partial charge in [0.25, 0.3) is 0 Å². The van der Waals surface area contributed by atoms with Crippen molar-refractivity contribution in [1.82, 2.24) is 10.2 Å². The molecule has 0 radical (unpaired) electrons. The summed E-state index contributed by atoms with van der Waals surface area (Å²) in [5.74, 6) is -2.93. The molecule has 1 atom stereocenters. The summed E-state index contributed by atoms with van der Waals surface area (Å²) in [4.78, 5) is 29.3. The second-order valence-electron chi connectivity index (χ2n) is 11.0. The number of nitrogens with zero attached hydrogens (tertiary/aromatic N) is 2. The van der Waals surface area contributed by atoms with E-state index < -0.39 is 27.7 Å². The third kappa shape index (κ3) is 9.15. The summed E-state index contributed by atoms with van der Waals surface area (Å²) in [7, 11) is -3.88. The summed E-state index contributed by atoms with van der Waals surface area (Å²) < 4.78 is 53.5. The first-order valence-electron chi connectivity index (χ1n) is 14.4. The lowest BCUT2D eigenvalue weighted by atomic mass is 10.0. The van der Waals surface area contributed by atoms with E-state index in [1.807, 2.05) is 30.3 Å². The Kier molecular flexibility index (Phi) is 11.6. The number of nitrogens with one attached hydrogen (secondary N) is 1. The molecule has 1 saturated carbocycles. The van der Waals surface area contributed by atoms with E-state index in [1.54, 1.807) is 18.2 Å². The Morgan fingerprint density at radius 1 is 0.932 bits per heavy atom. The van der Waals surface area contributed by atoms with Crippen LogP contribution in [0.25, 0.3) is 0 Å². The maximum absolute atomic E-state index is 13.9. The lowest BCUT2D eigenvalue weighted by Gasteiger charge is -2.33. The highest BCUT2D eigenvalue weighted by atomic mass is 35.5. The van der Waals surface area contributed by atoms with Crippen LogP contribution in [0, 0.1) is 11.6 Å². The van der Waals surface area contributed by atoms with Gasteiger partial charge in [0.05, 0.1) is 22.0 Å². The van der Waals surface area contributed by atoms with E-state index in [9.17, 15) is 26.8 Å². The lowest BCUT2D eigenvalue weighted by molar-refractivity contribution is -0.141. The molecule has 2 amide bonds. The Labute approximate surface area is 267 Å². The first-order valence-corrected chi connectivity index (χ1v) is 17.0. The zero-order chi connectivity index (χ0) is 31.9. The van der Waals surface area contributed by atoms with Crippen LogP contribution >= 0.6 is 23.2 Å². The standard InChI is InChI=1S/C32H35Cl2F2N3O4S/c1-44(42,43)39(25-14-16-28(35)29(36)20-25)17-7-12-31(40)38(21-23-13-15-26(33)27(34)18-23)30(19-22-8-3-2-4-9-22)32(41)37-24-10-5-6-11-24/h2-4,8-9,13-16,18,20,24,30H,5-7,10-12,17,19,21H2,1H3,(H,37,41)/t30-/m0/s1. The summed E-state index contributed by atoms with van der Waals surface area (Å²) in [6.45, 7) is -0.0991. The molecule has 1 aliphatic rings. The number of rotatable bonds is 13. The van der Waals surface area contributed by atoms with E-state index in [-0.39, 0.29) is 55.9 Å². The van der Waals surface area contributed by atoms with Crippen LogP contribution in [0.4, 0.5) is 14.5 Å². The number of amides is 2. The molecule has 4 rings (SSSR count). The maximum atomic E-state index is 13.9. The second kappa shape index (κ2) is 15.2. The van der Waals surface area contributed by atoms with Crippen LogP contribution in [-0.2, 0) is 32.6 Å². The molecule has 0 aliphatic heterocycles. The summed E-state index contributed by atoms with van der Waals surface area (Å²) in [5, 5.41) is 3.79. The predicted molar refractivity (Wildman–Crippen MR) is 169 cm³/mol. The SMILES string of the molecule is CS(=O)(=O)N(CCCC(=O)N(Cc1ccc(Cl)c(Cl)c1)[C@@H](Cc1ccccc1)C(=O)NC1CCCC1)c1ccc(F)c(F)c1. The molecule has 1 fully saturated rings. The van der Waals surface area contributed by atoms with Crippen molar-refractivity contribution in [2.24, 2.45) is 0 Å². The lowest BCUT2D eigenvalue weighted by Crippen LogP contribution is -2.52. The zero-order valence-corrected chi connectivity index (χ0v) is 26.6. The van der Waals surface area contributed by atoms with Crippen molar-refractivity contribution in [2.45, 2.75) is 63.6 Å². The van der Waals surface area contributed by atoms with Crippen LogP contribution in [0.5, 0.6) is 0 Å². The summed E-state index contributed by atoms with van der Waals surface area (Å²) in [6, 6.07) is 16.4. The third-order valence-corrected chi connectivity index (χ3v) is 9.59. The second-order valence-corrected chi connectivity index (χ2v) is 13.7. The van der Waals surface area contributed by atoms with E-state index in [1.165, 1.54) is 11.0 Å². The third-order valence-electron chi connectivity index (χ3n) is 7.65. The fourth-order valence-corrected chi connectivity index (χ4v) is 6.68. The number of hydrogen-bond acceptors (Lipinski definition) is 4. The van der Waals surface area contributed by atoms with Crippen molar-refractivity contribution in [3.05, 3.63) is 99.5 Å². The number of carbonyl (C=O) groups excluding carboxylic acids is 2. The molecule has 0 unspecified atom stereocenters. The topological polar surface area (TPSA) is 86.8 Å². The minimum atomic E-state index is -3.88. The van der Waals surface area contributed by atoms with Crippen LogP contribution < -0.4 is 9.62 Å².